The zero-order valence-corrected chi connectivity index (χ0v) is 10.7. The maximum Gasteiger partial charge on any atom is 0.328 e. The summed E-state index contributed by atoms with van der Waals surface area (Å²) in [5.41, 5.74) is 0.457. The first-order valence-electron chi connectivity index (χ1n) is 6.23. The van der Waals surface area contributed by atoms with Crippen LogP contribution in [0.1, 0.15) is 31.4 Å². The highest BCUT2D eigenvalue weighted by molar-refractivity contribution is 5.82. The molecular weight excluding hydrogens is 233 g/mol. The van der Waals surface area contributed by atoms with E-state index in [-0.39, 0.29) is 5.82 Å². The monoisotopic (exact) mass is 251 g/mol. The Morgan fingerprint density at radius 1 is 1.56 bits per heavy atom. The van der Waals surface area contributed by atoms with E-state index in [1.165, 1.54) is 12.1 Å². The van der Waals surface area contributed by atoms with Crippen molar-refractivity contribution in [1.29, 1.82) is 0 Å². The molecule has 1 aromatic rings. The Labute approximate surface area is 106 Å². The Hall–Kier alpha value is -1.42. The number of carboxylic acids is 1. The van der Waals surface area contributed by atoms with E-state index >= 15 is 0 Å². The first kappa shape index (κ1) is 13.0. The third-order valence-corrected chi connectivity index (χ3v) is 3.47. The molecule has 0 aromatic heterocycles. The highest BCUT2D eigenvalue weighted by Gasteiger charge is 2.45. The van der Waals surface area contributed by atoms with Crippen LogP contribution in [0.3, 0.4) is 0 Å². The summed E-state index contributed by atoms with van der Waals surface area (Å²) in [5.74, 6) is -0.821. The molecule has 3 nitrogen and oxygen atoms in total. The molecule has 0 saturated heterocycles. The van der Waals surface area contributed by atoms with E-state index < -0.39 is 11.5 Å². The van der Waals surface area contributed by atoms with Crippen LogP contribution in [-0.4, -0.2) is 17.6 Å². The average molecular weight is 251 g/mol. The first-order valence-corrected chi connectivity index (χ1v) is 6.23. The topological polar surface area (TPSA) is 49.3 Å². The summed E-state index contributed by atoms with van der Waals surface area (Å²) in [6.07, 6.45) is 1.08. The SMILES string of the molecule is CC(C)CNC1(C(=O)O)CCc2cc(F)ccc21. The highest BCUT2D eigenvalue weighted by Crippen LogP contribution is 2.37. The molecule has 0 spiro atoms. The highest BCUT2D eigenvalue weighted by atomic mass is 19.1. The minimum atomic E-state index is -1.05. The van der Waals surface area contributed by atoms with Crippen molar-refractivity contribution < 1.29 is 14.3 Å². The Bertz CT molecular complexity index is 473. The van der Waals surface area contributed by atoms with Crippen LogP contribution in [0.25, 0.3) is 0 Å². The van der Waals surface area contributed by atoms with Crippen LogP contribution >= 0.6 is 0 Å². The molecule has 1 aromatic carbocycles. The van der Waals surface area contributed by atoms with Gasteiger partial charge in [0.05, 0.1) is 0 Å². The van der Waals surface area contributed by atoms with Crippen LogP contribution in [0.15, 0.2) is 18.2 Å². The van der Waals surface area contributed by atoms with Crippen molar-refractivity contribution in [2.24, 2.45) is 5.92 Å². The lowest BCUT2D eigenvalue weighted by Crippen LogP contribution is -2.48. The number of aryl methyl sites for hydroxylation is 1. The molecule has 0 heterocycles. The number of halogens is 1. The van der Waals surface area contributed by atoms with Gasteiger partial charge in [-0.3, -0.25) is 5.32 Å². The summed E-state index contributed by atoms with van der Waals surface area (Å²) < 4.78 is 13.2. The second-order valence-electron chi connectivity index (χ2n) is 5.29. The number of benzene rings is 1. The number of rotatable bonds is 4. The number of nitrogens with one attached hydrogen (secondary N) is 1. The van der Waals surface area contributed by atoms with Gasteiger partial charge in [-0.15, -0.1) is 0 Å². The van der Waals surface area contributed by atoms with Gasteiger partial charge in [0.1, 0.15) is 11.4 Å². The van der Waals surface area contributed by atoms with E-state index in [0.29, 0.717) is 30.9 Å². The van der Waals surface area contributed by atoms with Crippen LogP contribution in [0.4, 0.5) is 4.39 Å². The van der Waals surface area contributed by atoms with E-state index in [9.17, 15) is 14.3 Å². The molecule has 18 heavy (non-hydrogen) atoms. The molecular formula is C14H18FNO2. The summed E-state index contributed by atoms with van der Waals surface area (Å²) in [5, 5.41) is 12.7. The van der Waals surface area contributed by atoms with Crippen LogP contribution < -0.4 is 5.32 Å². The van der Waals surface area contributed by atoms with Crippen LogP contribution in [-0.2, 0) is 16.8 Å². The van der Waals surface area contributed by atoms with Gasteiger partial charge in [0, 0.05) is 0 Å². The van der Waals surface area contributed by atoms with Crippen molar-refractivity contribution >= 4 is 5.97 Å². The largest absolute Gasteiger partial charge is 0.480 e. The third-order valence-electron chi connectivity index (χ3n) is 3.47. The molecule has 1 aliphatic rings. The number of hydrogen-bond acceptors (Lipinski definition) is 2. The fourth-order valence-electron chi connectivity index (χ4n) is 2.50. The second kappa shape index (κ2) is 4.69. The molecule has 0 aliphatic heterocycles. The predicted molar refractivity (Wildman–Crippen MR) is 66.9 cm³/mol. The minimum absolute atomic E-state index is 0.307. The van der Waals surface area contributed by atoms with Gasteiger partial charge in [-0.05, 0) is 48.6 Å². The molecule has 2 rings (SSSR count). The molecule has 1 unspecified atom stereocenters. The van der Waals surface area contributed by atoms with Crippen molar-refractivity contribution in [3.8, 4) is 0 Å². The lowest BCUT2D eigenvalue weighted by atomic mass is 9.91. The van der Waals surface area contributed by atoms with Gasteiger partial charge in [0.25, 0.3) is 0 Å². The van der Waals surface area contributed by atoms with Gasteiger partial charge in [0.2, 0.25) is 0 Å². The third kappa shape index (κ3) is 2.12. The Balaban J connectivity index is 2.37. The molecule has 0 bridgehead atoms. The van der Waals surface area contributed by atoms with Crippen molar-refractivity contribution in [2.75, 3.05) is 6.54 Å². The van der Waals surface area contributed by atoms with E-state index in [0.717, 1.165) is 5.56 Å². The van der Waals surface area contributed by atoms with Crippen LogP contribution in [0, 0.1) is 11.7 Å². The average Bonchev–Trinajstić information content (AvgIpc) is 2.65. The lowest BCUT2D eigenvalue weighted by Gasteiger charge is -2.28. The van der Waals surface area contributed by atoms with Crippen molar-refractivity contribution in [3.05, 3.63) is 35.1 Å². The maximum atomic E-state index is 13.2. The number of hydrogen-bond donors (Lipinski definition) is 2. The summed E-state index contributed by atoms with van der Waals surface area (Å²) in [7, 11) is 0. The Kier molecular flexibility index (Phi) is 3.39. The predicted octanol–water partition coefficient (Wildman–Crippen LogP) is 2.30. The van der Waals surface area contributed by atoms with Crippen molar-refractivity contribution in [3.63, 3.8) is 0 Å². The van der Waals surface area contributed by atoms with Gasteiger partial charge in [-0.1, -0.05) is 19.9 Å². The van der Waals surface area contributed by atoms with Gasteiger partial charge < -0.3 is 5.11 Å². The Morgan fingerprint density at radius 3 is 2.89 bits per heavy atom. The van der Waals surface area contributed by atoms with Crippen LogP contribution in [0.2, 0.25) is 0 Å². The molecule has 0 saturated carbocycles. The van der Waals surface area contributed by atoms with E-state index in [1.54, 1.807) is 6.07 Å². The molecule has 0 radical (unpaired) electrons. The zero-order chi connectivity index (χ0) is 13.3. The molecule has 1 atom stereocenters. The summed E-state index contributed by atoms with van der Waals surface area (Å²) in [6.45, 7) is 4.69. The van der Waals surface area contributed by atoms with Crippen molar-refractivity contribution in [2.45, 2.75) is 32.2 Å². The van der Waals surface area contributed by atoms with Gasteiger partial charge in [-0.25, -0.2) is 9.18 Å². The lowest BCUT2D eigenvalue weighted by molar-refractivity contribution is -0.145. The molecule has 4 heteroatoms. The first-order chi connectivity index (χ1) is 8.45. The molecule has 0 amide bonds. The van der Waals surface area contributed by atoms with E-state index in [2.05, 4.69) is 5.32 Å². The second-order valence-corrected chi connectivity index (χ2v) is 5.29. The van der Waals surface area contributed by atoms with Gasteiger partial charge in [-0.2, -0.15) is 0 Å². The van der Waals surface area contributed by atoms with Gasteiger partial charge in [0.15, 0.2) is 0 Å². The van der Waals surface area contributed by atoms with Crippen LogP contribution in [0.5, 0.6) is 0 Å². The normalized spacial score (nSPS) is 22.2. The minimum Gasteiger partial charge on any atom is -0.480 e. The fourth-order valence-corrected chi connectivity index (χ4v) is 2.50. The number of carboxylic acid groups (broad SMARTS) is 1. The van der Waals surface area contributed by atoms with Gasteiger partial charge >= 0.3 is 5.97 Å². The maximum absolute atomic E-state index is 13.2. The van der Waals surface area contributed by atoms with Crippen molar-refractivity contribution in [1.82, 2.24) is 5.32 Å². The standard InChI is InChI=1S/C14H18FNO2/c1-9(2)8-16-14(13(17)18)6-5-10-7-11(15)3-4-12(10)14/h3-4,7,9,16H,5-6,8H2,1-2H3,(H,17,18). The molecule has 98 valence electrons. The Morgan fingerprint density at radius 2 is 2.28 bits per heavy atom. The molecule has 2 N–H and O–H groups in total. The molecule has 0 fully saturated rings. The summed E-state index contributed by atoms with van der Waals surface area (Å²) >= 11 is 0. The molecule has 1 aliphatic carbocycles. The quantitative estimate of drug-likeness (QED) is 0.863. The fraction of sp³-hybridized carbons (Fsp3) is 0.500. The summed E-state index contributed by atoms with van der Waals surface area (Å²) in [6, 6.07) is 4.37. The summed E-state index contributed by atoms with van der Waals surface area (Å²) in [4.78, 5) is 11.6. The smallest absolute Gasteiger partial charge is 0.328 e. The number of fused-ring (bicyclic) bond motifs is 1. The number of aliphatic carboxylic acids is 1. The van der Waals surface area contributed by atoms with E-state index in [4.69, 9.17) is 0 Å². The van der Waals surface area contributed by atoms with E-state index in [1.807, 2.05) is 13.8 Å². The number of carbonyl (C=O) groups is 1. The zero-order valence-electron chi connectivity index (χ0n) is 10.7.